The second-order valence-corrected chi connectivity index (χ2v) is 12.1. The molecule has 2 heterocycles. The first-order chi connectivity index (χ1) is 17.3. The molecule has 7 nitrogen and oxygen atoms in total. The number of benzene rings is 1. The van der Waals surface area contributed by atoms with Crippen LogP contribution < -0.4 is 5.32 Å². The molecular weight excluding hydrogens is 478 g/mol. The molecule has 1 saturated carbocycles. The average Bonchev–Trinajstić information content (AvgIpc) is 3.15. The average molecular weight is 513 g/mol. The summed E-state index contributed by atoms with van der Waals surface area (Å²) in [4.78, 5) is 27.7. The van der Waals surface area contributed by atoms with Crippen molar-refractivity contribution < 1.29 is 23.1 Å². The number of hydrogen-bond donors (Lipinski definition) is 1. The van der Waals surface area contributed by atoms with E-state index < -0.39 is 34.2 Å². The highest BCUT2D eigenvalue weighted by Crippen LogP contribution is 2.68. The molecule has 0 radical (unpaired) electrons. The number of likely N-dealkylation sites (tertiary alicyclic amines) is 1. The number of rotatable bonds is 5. The Kier molecular flexibility index (Phi) is 6.03. The molecule has 0 unspecified atom stereocenters. The van der Waals surface area contributed by atoms with Gasteiger partial charge in [-0.25, -0.2) is 13.6 Å². The van der Waals surface area contributed by atoms with Crippen LogP contribution in [-0.4, -0.2) is 52.3 Å². The fourth-order valence-electron chi connectivity index (χ4n) is 6.54. The van der Waals surface area contributed by atoms with Gasteiger partial charge in [-0.05, 0) is 81.0 Å². The van der Waals surface area contributed by atoms with Gasteiger partial charge in [-0.3, -0.25) is 4.79 Å². The minimum absolute atomic E-state index is 0.0502. The van der Waals surface area contributed by atoms with E-state index in [-0.39, 0.29) is 23.1 Å². The molecule has 3 aliphatic rings. The van der Waals surface area contributed by atoms with Gasteiger partial charge in [0.25, 0.3) is 0 Å². The molecule has 5 rings (SSSR count). The number of alkyl carbamates (subject to hydrolysis) is 1. The third-order valence-electron chi connectivity index (χ3n) is 8.43. The number of aromatic nitrogens is 2. The van der Waals surface area contributed by atoms with Gasteiger partial charge in [0.15, 0.2) is 0 Å². The Morgan fingerprint density at radius 3 is 2.49 bits per heavy atom. The number of nitrogens with one attached hydrogen (secondary N) is 1. The number of amides is 2. The van der Waals surface area contributed by atoms with Crippen LogP contribution in [0.5, 0.6) is 0 Å². The summed E-state index contributed by atoms with van der Waals surface area (Å²) in [6.45, 7) is 11.4. The number of hydrogen-bond acceptors (Lipinski definition) is 5. The van der Waals surface area contributed by atoms with Crippen molar-refractivity contribution in [3.8, 4) is 11.3 Å². The minimum atomic E-state index is -0.800. The Morgan fingerprint density at radius 2 is 1.84 bits per heavy atom. The summed E-state index contributed by atoms with van der Waals surface area (Å²) in [5, 5.41) is 11.4. The van der Waals surface area contributed by atoms with E-state index in [9.17, 15) is 18.4 Å². The van der Waals surface area contributed by atoms with Crippen LogP contribution in [0.3, 0.4) is 0 Å². The van der Waals surface area contributed by atoms with Crippen molar-refractivity contribution in [2.75, 3.05) is 19.6 Å². The van der Waals surface area contributed by atoms with Gasteiger partial charge in [-0.1, -0.05) is 19.9 Å². The highest BCUT2D eigenvalue weighted by molar-refractivity contribution is 5.92. The van der Waals surface area contributed by atoms with Crippen molar-refractivity contribution in [2.24, 2.45) is 11.3 Å². The van der Waals surface area contributed by atoms with E-state index in [2.05, 4.69) is 29.4 Å². The van der Waals surface area contributed by atoms with Gasteiger partial charge >= 0.3 is 6.09 Å². The van der Waals surface area contributed by atoms with Crippen LogP contribution in [0, 0.1) is 23.0 Å². The quantitative estimate of drug-likeness (QED) is 0.613. The third kappa shape index (κ3) is 4.07. The van der Waals surface area contributed by atoms with E-state index in [4.69, 9.17) is 4.74 Å². The normalized spacial score (nSPS) is 24.0. The molecule has 2 aromatic rings. The molecule has 198 valence electrons. The molecule has 0 spiro atoms. The van der Waals surface area contributed by atoms with Crippen molar-refractivity contribution in [1.29, 1.82) is 0 Å². The molecule has 1 saturated heterocycles. The molecule has 2 atom stereocenters. The highest BCUT2D eigenvalue weighted by Gasteiger charge is 2.68. The lowest BCUT2D eigenvalue weighted by Gasteiger charge is -2.46. The van der Waals surface area contributed by atoms with Crippen LogP contribution in [-0.2, 0) is 14.9 Å². The molecule has 1 aromatic carbocycles. The molecule has 37 heavy (non-hydrogen) atoms. The van der Waals surface area contributed by atoms with Gasteiger partial charge in [0, 0.05) is 19.6 Å². The second kappa shape index (κ2) is 8.74. The van der Waals surface area contributed by atoms with Gasteiger partial charge < -0.3 is 15.0 Å². The standard InChI is InChI=1S/C28H34F2N4O3/c1-26(2,3)37-25(36)31-12-10-16-14-34(15-16)24(35)28-11-9-18(27(28,4)5)17-13-21(32-33-23(17)28)22-19(29)7-6-8-20(22)30/h6-8,13,16,18H,9-12,14-15H2,1-5H3,(H,31,36)/t18-,28+/m1/s1. The molecule has 2 aliphatic carbocycles. The highest BCUT2D eigenvalue weighted by atomic mass is 19.1. The van der Waals surface area contributed by atoms with Crippen molar-refractivity contribution in [3.63, 3.8) is 0 Å². The fourth-order valence-corrected chi connectivity index (χ4v) is 6.54. The lowest BCUT2D eigenvalue weighted by Crippen LogP contribution is -2.59. The number of ether oxygens (including phenoxy) is 1. The van der Waals surface area contributed by atoms with Crippen LogP contribution in [0.2, 0.25) is 0 Å². The second-order valence-electron chi connectivity index (χ2n) is 12.1. The zero-order valence-corrected chi connectivity index (χ0v) is 22.0. The number of carbonyl (C=O) groups excluding carboxylic acids is 2. The molecule has 1 N–H and O–H groups in total. The zero-order valence-electron chi connectivity index (χ0n) is 22.0. The van der Waals surface area contributed by atoms with E-state index >= 15 is 0 Å². The molecule has 2 fully saturated rings. The maximum Gasteiger partial charge on any atom is 0.407 e. The van der Waals surface area contributed by atoms with Crippen molar-refractivity contribution in [2.45, 2.75) is 70.8 Å². The SMILES string of the molecule is CC(C)(C)OC(=O)NCCC1CN(C(=O)[C@]23CC[C@H](c4cc(-c5c(F)cccc5F)nnc42)C3(C)C)C1. The van der Waals surface area contributed by atoms with Crippen LogP contribution in [0.1, 0.15) is 71.1 Å². The van der Waals surface area contributed by atoms with Gasteiger partial charge in [0.2, 0.25) is 5.91 Å². The summed E-state index contributed by atoms with van der Waals surface area (Å²) < 4.78 is 34.1. The summed E-state index contributed by atoms with van der Waals surface area (Å²) in [5.41, 5.74) is -0.251. The fraction of sp³-hybridized carbons (Fsp3) is 0.571. The van der Waals surface area contributed by atoms with Gasteiger partial charge in [0.1, 0.15) is 17.2 Å². The molecular formula is C28H34F2N4O3. The van der Waals surface area contributed by atoms with Crippen molar-refractivity contribution in [1.82, 2.24) is 20.4 Å². The first-order valence-electron chi connectivity index (χ1n) is 12.9. The largest absolute Gasteiger partial charge is 0.444 e. The first-order valence-corrected chi connectivity index (χ1v) is 12.9. The maximum atomic E-state index is 14.4. The molecule has 9 heteroatoms. The predicted octanol–water partition coefficient (Wildman–Crippen LogP) is 4.95. The van der Waals surface area contributed by atoms with E-state index in [1.807, 2.05) is 25.7 Å². The van der Waals surface area contributed by atoms with Crippen LogP contribution in [0.4, 0.5) is 13.6 Å². The van der Waals surface area contributed by atoms with Crippen LogP contribution in [0.25, 0.3) is 11.3 Å². The van der Waals surface area contributed by atoms with Crippen molar-refractivity contribution >= 4 is 12.0 Å². The van der Waals surface area contributed by atoms with Gasteiger partial charge in [0.05, 0.1) is 22.4 Å². The van der Waals surface area contributed by atoms with Gasteiger partial charge in [-0.2, -0.15) is 5.10 Å². The first kappa shape index (κ1) is 25.5. The Labute approximate surface area is 216 Å². The monoisotopic (exact) mass is 512 g/mol. The maximum absolute atomic E-state index is 14.4. The number of nitrogens with zero attached hydrogens (tertiary/aromatic N) is 3. The number of fused-ring (bicyclic) bond motifs is 5. The summed E-state index contributed by atoms with van der Waals surface area (Å²) in [6, 6.07) is 5.46. The topological polar surface area (TPSA) is 84.4 Å². The summed E-state index contributed by atoms with van der Waals surface area (Å²) in [7, 11) is 0. The number of halogens is 2. The van der Waals surface area contributed by atoms with E-state index in [1.165, 1.54) is 18.2 Å². The Bertz CT molecular complexity index is 1230. The number of carbonyl (C=O) groups is 2. The molecule has 2 bridgehead atoms. The summed E-state index contributed by atoms with van der Waals surface area (Å²) >= 11 is 0. The Balaban J connectivity index is 1.30. The predicted molar refractivity (Wildman–Crippen MR) is 134 cm³/mol. The molecule has 1 aliphatic heterocycles. The summed E-state index contributed by atoms with van der Waals surface area (Å²) in [5.74, 6) is -0.959. The van der Waals surface area contributed by atoms with Crippen LogP contribution in [0.15, 0.2) is 24.3 Å². The Morgan fingerprint density at radius 1 is 1.16 bits per heavy atom. The lowest BCUT2D eigenvalue weighted by atomic mass is 9.67. The molecule has 1 aromatic heterocycles. The summed E-state index contributed by atoms with van der Waals surface area (Å²) in [6.07, 6.45) is 1.82. The van der Waals surface area contributed by atoms with Crippen molar-refractivity contribution in [3.05, 3.63) is 47.2 Å². The molecule has 2 amide bonds. The van der Waals surface area contributed by atoms with Crippen LogP contribution >= 0.6 is 0 Å². The zero-order chi connectivity index (χ0) is 26.8. The lowest BCUT2D eigenvalue weighted by molar-refractivity contribution is -0.147. The third-order valence-corrected chi connectivity index (χ3v) is 8.43. The van der Waals surface area contributed by atoms with E-state index in [1.54, 1.807) is 6.07 Å². The minimum Gasteiger partial charge on any atom is -0.444 e. The Hall–Kier alpha value is -3.10. The van der Waals surface area contributed by atoms with E-state index in [0.29, 0.717) is 37.7 Å². The van der Waals surface area contributed by atoms with Gasteiger partial charge in [-0.15, -0.1) is 5.10 Å². The smallest absolute Gasteiger partial charge is 0.407 e. The van der Waals surface area contributed by atoms with E-state index in [0.717, 1.165) is 18.4 Å².